The molecule has 1 amide bonds. The lowest BCUT2D eigenvalue weighted by Crippen LogP contribution is -2.52. The van der Waals surface area contributed by atoms with E-state index in [9.17, 15) is 4.79 Å². The molecule has 2 atom stereocenters. The fraction of sp³-hybridized carbons (Fsp3) is 0.938. The van der Waals surface area contributed by atoms with E-state index in [2.05, 4.69) is 44.8 Å². The predicted octanol–water partition coefficient (Wildman–Crippen LogP) is 2.91. The number of amides is 1. The average Bonchev–Trinajstić information content (AvgIpc) is 2.35. The summed E-state index contributed by atoms with van der Waals surface area (Å²) in [5.41, 5.74) is 0. The summed E-state index contributed by atoms with van der Waals surface area (Å²) in [5, 5.41) is 3.60. The number of hydrogen-bond donors (Lipinski definition) is 1. The first-order valence-electron chi connectivity index (χ1n) is 7.95. The molecule has 1 N–H and O–H groups in total. The van der Waals surface area contributed by atoms with Gasteiger partial charge in [-0.1, -0.05) is 34.6 Å². The third-order valence-corrected chi connectivity index (χ3v) is 4.04. The van der Waals surface area contributed by atoms with Crippen LogP contribution in [0.25, 0.3) is 0 Å². The number of carbonyl (C=O) groups is 1. The van der Waals surface area contributed by atoms with Crippen LogP contribution in [0.1, 0.15) is 53.9 Å². The number of carbonyl (C=O) groups excluding carboxylic acids is 1. The van der Waals surface area contributed by atoms with Gasteiger partial charge in [-0.3, -0.25) is 4.79 Å². The van der Waals surface area contributed by atoms with E-state index in [1.807, 2.05) is 0 Å². The number of hydrogen-bond acceptors (Lipinski definition) is 2. The van der Waals surface area contributed by atoms with E-state index in [0.29, 0.717) is 36.1 Å². The highest BCUT2D eigenvalue weighted by atomic mass is 16.2. The van der Waals surface area contributed by atoms with Crippen molar-refractivity contribution in [1.29, 1.82) is 0 Å². The topological polar surface area (TPSA) is 32.3 Å². The SMILES string of the molecule is CCCNC1CC(C(C)C)CN(C(=O)CC(C)C)C1. The molecule has 0 aromatic rings. The van der Waals surface area contributed by atoms with Crippen LogP contribution < -0.4 is 5.32 Å². The lowest BCUT2D eigenvalue weighted by Gasteiger charge is -2.40. The summed E-state index contributed by atoms with van der Waals surface area (Å²) in [6.45, 7) is 13.9. The van der Waals surface area contributed by atoms with Crippen LogP contribution >= 0.6 is 0 Å². The van der Waals surface area contributed by atoms with Crippen molar-refractivity contribution in [1.82, 2.24) is 10.2 Å². The van der Waals surface area contributed by atoms with Crippen molar-refractivity contribution >= 4 is 5.91 Å². The maximum atomic E-state index is 12.3. The molecular formula is C16H32N2O. The Morgan fingerprint density at radius 1 is 1.26 bits per heavy atom. The first-order chi connectivity index (χ1) is 8.93. The lowest BCUT2D eigenvalue weighted by molar-refractivity contribution is -0.134. The van der Waals surface area contributed by atoms with E-state index in [4.69, 9.17) is 0 Å². The minimum Gasteiger partial charge on any atom is -0.341 e. The van der Waals surface area contributed by atoms with E-state index >= 15 is 0 Å². The van der Waals surface area contributed by atoms with Crippen LogP contribution in [0, 0.1) is 17.8 Å². The molecule has 1 aliphatic heterocycles. The van der Waals surface area contributed by atoms with Crippen LogP contribution in [0.5, 0.6) is 0 Å². The fourth-order valence-corrected chi connectivity index (χ4v) is 2.80. The third-order valence-electron chi connectivity index (χ3n) is 4.04. The Bertz CT molecular complexity index is 276. The molecule has 0 aromatic heterocycles. The molecule has 1 heterocycles. The van der Waals surface area contributed by atoms with Gasteiger partial charge in [0.15, 0.2) is 0 Å². The largest absolute Gasteiger partial charge is 0.341 e. The summed E-state index contributed by atoms with van der Waals surface area (Å²) in [4.78, 5) is 14.4. The first kappa shape index (κ1) is 16.5. The Labute approximate surface area is 119 Å². The van der Waals surface area contributed by atoms with Gasteiger partial charge in [-0.15, -0.1) is 0 Å². The Balaban J connectivity index is 2.61. The summed E-state index contributed by atoms with van der Waals surface area (Å²) in [6.07, 6.45) is 3.05. The van der Waals surface area contributed by atoms with Crippen LogP contribution in [0.3, 0.4) is 0 Å². The molecule has 1 rings (SSSR count). The molecule has 0 saturated carbocycles. The highest BCUT2D eigenvalue weighted by molar-refractivity contribution is 5.76. The zero-order valence-electron chi connectivity index (χ0n) is 13.4. The molecule has 0 aliphatic carbocycles. The molecule has 1 aliphatic rings. The monoisotopic (exact) mass is 268 g/mol. The molecule has 0 bridgehead atoms. The molecule has 1 fully saturated rings. The number of rotatable bonds is 6. The van der Waals surface area contributed by atoms with Crippen LogP contribution in [-0.4, -0.2) is 36.5 Å². The normalized spacial score (nSPS) is 24.3. The minimum absolute atomic E-state index is 0.337. The molecule has 3 nitrogen and oxygen atoms in total. The van der Waals surface area contributed by atoms with Crippen molar-refractivity contribution in [3.63, 3.8) is 0 Å². The molecule has 112 valence electrons. The molecule has 0 radical (unpaired) electrons. The quantitative estimate of drug-likeness (QED) is 0.803. The highest BCUT2D eigenvalue weighted by Crippen LogP contribution is 2.24. The van der Waals surface area contributed by atoms with Crippen LogP contribution in [-0.2, 0) is 4.79 Å². The maximum Gasteiger partial charge on any atom is 0.222 e. The van der Waals surface area contributed by atoms with Crippen molar-refractivity contribution in [3.05, 3.63) is 0 Å². The van der Waals surface area contributed by atoms with Crippen molar-refractivity contribution in [2.45, 2.75) is 59.9 Å². The molecule has 1 saturated heterocycles. The van der Waals surface area contributed by atoms with Gasteiger partial charge < -0.3 is 10.2 Å². The van der Waals surface area contributed by atoms with Gasteiger partial charge in [0.1, 0.15) is 0 Å². The Morgan fingerprint density at radius 3 is 2.47 bits per heavy atom. The molecule has 2 unspecified atom stereocenters. The summed E-state index contributed by atoms with van der Waals surface area (Å²) < 4.78 is 0. The van der Waals surface area contributed by atoms with Crippen LogP contribution in [0.15, 0.2) is 0 Å². The summed E-state index contributed by atoms with van der Waals surface area (Å²) in [7, 11) is 0. The van der Waals surface area contributed by atoms with Gasteiger partial charge >= 0.3 is 0 Å². The summed E-state index contributed by atoms with van der Waals surface area (Å²) in [5.74, 6) is 2.08. The van der Waals surface area contributed by atoms with Gasteiger partial charge in [-0.2, -0.15) is 0 Å². The van der Waals surface area contributed by atoms with Gasteiger partial charge in [-0.25, -0.2) is 0 Å². The molecule has 0 aromatic carbocycles. The van der Waals surface area contributed by atoms with Crippen molar-refractivity contribution in [2.24, 2.45) is 17.8 Å². The van der Waals surface area contributed by atoms with Gasteiger partial charge in [0.05, 0.1) is 0 Å². The third kappa shape index (κ3) is 5.52. The molecule has 3 heteroatoms. The van der Waals surface area contributed by atoms with Crippen LogP contribution in [0.2, 0.25) is 0 Å². The number of nitrogens with zero attached hydrogens (tertiary/aromatic N) is 1. The van der Waals surface area contributed by atoms with E-state index in [0.717, 1.165) is 26.1 Å². The number of piperidine rings is 1. The van der Waals surface area contributed by atoms with Crippen LogP contribution in [0.4, 0.5) is 0 Å². The first-order valence-corrected chi connectivity index (χ1v) is 7.95. The Hall–Kier alpha value is -0.570. The van der Waals surface area contributed by atoms with Gasteiger partial charge in [0, 0.05) is 25.6 Å². The molecular weight excluding hydrogens is 236 g/mol. The predicted molar refractivity (Wildman–Crippen MR) is 81.1 cm³/mol. The molecule has 0 spiro atoms. The Morgan fingerprint density at radius 2 is 1.95 bits per heavy atom. The zero-order chi connectivity index (χ0) is 14.4. The van der Waals surface area contributed by atoms with Crippen molar-refractivity contribution in [2.75, 3.05) is 19.6 Å². The molecule has 19 heavy (non-hydrogen) atoms. The van der Waals surface area contributed by atoms with Gasteiger partial charge in [0.2, 0.25) is 5.91 Å². The number of likely N-dealkylation sites (tertiary alicyclic amines) is 1. The minimum atomic E-state index is 0.337. The summed E-state index contributed by atoms with van der Waals surface area (Å²) >= 11 is 0. The van der Waals surface area contributed by atoms with E-state index in [1.165, 1.54) is 6.42 Å². The van der Waals surface area contributed by atoms with E-state index < -0.39 is 0 Å². The van der Waals surface area contributed by atoms with Crippen molar-refractivity contribution in [3.8, 4) is 0 Å². The second-order valence-electron chi connectivity index (χ2n) is 6.79. The van der Waals surface area contributed by atoms with Gasteiger partial charge in [-0.05, 0) is 37.1 Å². The zero-order valence-corrected chi connectivity index (χ0v) is 13.4. The number of nitrogens with one attached hydrogen (secondary N) is 1. The van der Waals surface area contributed by atoms with E-state index in [1.54, 1.807) is 0 Å². The lowest BCUT2D eigenvalue weighted by atomic mass is 9.85. The highest BCUT2D eigenvalue weighted by Gasteiger charge is 2.31. The van der Waals surface area contributed by atoms with E-state index in [-0.39, 0.29) is 0 Å². The second kappa shape index (κ2) is 7.88. The average molecular weight is 268 g/mol. The smallest absolute Gasteiger partial charge is 0.222 e. The van der Waals surface area contributed by atoms with Gasteiger partial charge in [0.25, 0.3) is 0 Å². The fourth-order valence-electron chi connectivity index (χ4n) is 2.80. The van der Waals surface area contributed by atoms with Crippen molar-refractivity contribution < 1.29 is 4.79 Å². The Kier molecular flexibility index (Phi) is 6.84. The maximum absolute atomic E-state index is 12.3. The summed E-state index contributed by atoms with van der Waals surface area (Å²) in [6, 6.07) is 0.484. The standard InChI is InChI=1S/C16H32N2O/c1-6-7-17-15-9-14(13(4)5)10-18(11-15)16(19)8-12(2)3/h12-15,17H,6-11H2,1-5H3. The second-order valence-corrected chi connectivity index (χ2v) is 6.79.